The number of hydrogen-bond acceptors (Lipinski definition) is 5. The molecule has 1 atom stereocenters. The standard InChI is InChI=1S/C11H13BrN2OS2/c1-15-7-4-10(16-6-7)9(14-13)5-8-2-3-11(12)17-8/h2-4,6,9,14H,5,13H2,1H3. The number of rotatable bonds is 5. The van der Waals surface area contributed by atoms with Crippen molar-refractivity contribution in [1.29, 1.82) is 0 Å². The van der Waals surface area contributed by atoms with Gasteiger partial charge in [0, 0.05) is 21.6 Å². The third-order valence-electron chi connectivity index (χ3n) is 2.41. The number of nitrogens with two attached hydrogens (primary N) is 1. The Hall–Kier alpha value is -0.400. The highest BCUT2D eigenvalue weighted by molar-refractivity contribution is 9.11. The first-order chi connectivity index (χ1) is 8.22. The van der Waals surface area contributed by atoms with E-state index >= 15 is 0 Å². The molecule has 0 bridgehead atoms. The second-order valence-electron chi connectivity index (χ2n) is 3.52. The molecule has 6 heteroatoms. The molecular formula is C11H13BrN2OS2. The molecule has 0 fully saturated rings. The second kappa shape index (κ2) is 5.97. The number of thiophene rings is 2. The zero-order chi connectivity index (χ0) is 12.3. The van der Waals surface area contributed by atoms with Gasteiger partial charge in [0.1, 0.15) is 5.75 Å². The lowest BCUT2D eigenvalue weighted by Gasteiger charge is -2.12. The van der Waals surface area contributed by atoms with Crippen LogP contribution in [0.15, 0.2) is 27.4 Å². The first-order valence-electron chi connectivity index (χ1n) is 5.05. The molecule has 0 saturated carbocycles. The summed E-state index contributed by atoms with van der Waals surface area (Å²) >= 11 is 6.86. The summed E-state index contributed by atoms with van der Waals surface area (Å²) in [6, 6.07) is 6.33. The third kappa shape index (κ3) is 3.29. The van der Waals surface area contributed by atoms with Gasteiger partial charge in [-0.05, 0) is 34.1 Å². The Morgan fingerprint density at radius 2 is 2.35 bits per heavy atom. The maximum atomic E-state index is 5.62. The first kappa shape index (κ1) is 13.0. The van der Waals surface area contributed by atoms with Gasteiger partial charge in [-0.1, -0.05) is 0 Å². The van der Waals surface area contributed by atoms with Crippen LogP contribution in [0.5, 0.6) is 5.75 Å². The van der Waals surface area contributed by atoms with Gasteiger partial charge in [0.15, 0.2) is 0 Å². The summed E-state index contributed by atoms with van der Waals surface area (Å²) in [5, 5.41) is 1.99. The van der Waals surface area contributed by atoms with Gasteiger partial charge in [-0.3, -0.25) is 11.3 Å². The fraction of sp³-hybridized carbons (Fsp3) is 0.273. The van der Waals surface area contributed by atoms with Crippen LogP contribution >= 0.6 is 38.6 Å². The van der Waals surface area contributed by atoms with E-state index in [1.165, 1.54) is 9.75 Å². The van der Waals surface area contributed by atoms with Crippen LogP contribution in [0, 0.1) is 0 Å². The van der Waals surface area contributed by atoms with Crippen LogP contribution in [-0.4, -0.2) is 7.11 Å². The second-order valence-corrected chi connectivity index (χ2v) is 7.01. The Morgan fingerprint density at radius 1 is 1.53 bits per heavy atom. The summed E-state index contributed by atoms with van der Waals surface area (Å²) in [5.41, 5.74) is 2.86. The predicted octanol–water partition coefficient (Wildman–Crippen LogP) is 3.33. The minimum atomic E-state index is 0.134. The van der Waals surface area contributed by atoms with Crippen molar-refractivity contribution < 1.29 is 4.74 Å². The van der Waals surface area contributed by atoms with Crippen molar-refractivity contribution in [3.05, 3.63) is 37.1 Å². The number of methoxy groups -OCH3 is 1. The van der Waals surface area contributed by atoms with Gasteiger partial charge in [0.25, 0.3) is 0 Å². The van der Waals surface area contributed by atoms with E-state index in [-0.39, 0.29) is 6.04 Å². The Balaban J connectivity index is 2.10. The van der Waals surface area contributed by atoms with E-state index in [1.54, 1.807) is 29.8 Å². The molecule has 0 amide bonds. The topological polar surface area (TPSA) is 47.3 Å². The molecule has 3 nitrogen and oxygen atoms in total. The van der Waals surface area contributed by atoms with Gasteiger partial charge in [-0.15, -0.1) is 22.7 Å². The number of ether oxygens (including phenoxy) is 1. The van der Waals surface area contributed by atoms with Crippen LogP contribution in [0.3, 0.4) is 0 Å². The minimum Gasteiger partial charge on any atom is -0.496 e. The van der Waals surface area contributed by atoms with E-state index in [4.69, 9.17) is 10.6 Å². The van der Waals surface area contributed by atoms with Gasteiger partial charge < -0.3 is 4.74 Å². The van der Waals surface area contributed by atoms with Crippen molar-refractivity contribution in [2.24, 2.45) is 5.84 Å². The number of hydrogen-bond donors (Lipinski definition) is 2. The molecule has 0 aromatic carbocycles. The minimum absolute atomic E-state index is 0.134. The van der Waals surface area contributed by atoms with Crippen LogP contribution in [0.4, 0.5) is 0 Å². The molecule has 0 aliphatic carbocycles. The predicted molar refractivity (Wildman–Crippen MR) is 76.7 cm³/mol. The highest BCUT2D eigenvalue weighted by Crippen LogP contribution is 2.31. The van der Waals surface area contributed by atoms with Crippen LogP contribution < -0.4 is 16.0 Å². The normalized spacial score (nSPS) is 12.6. The van der Waals surface area contributed by atoms with E-state index in [1.807, 2.05) is 11.4 Å². The SMILES string of the molecule is COc1csc(C(Cc2ccc(Br)s2)NN)c1. The quantitative estimate of drug-likeness (QED) is 0.652. The molecule has 2 heterocycles. The smallest absolute Gasteiger partial charge is 0.129 e. The van der Waals surface area contributed by atoms with Crippen LogP contribution in [0.25, 0.3) is 0 Å². The summed E-state index contributed by atoms with van der Waals surface area (Å²) in [5.74, 6) is 6.51. The van der Waals surface area contributed by atoms with Gasteiger partial charge in [0.2, 0.25) is 0 Å². The summed E-state index contributed by atoms with van der Waals surface area (Å²) < 4.78 is 6.33. The molecule has 0 spiro atoms. The summed E-state index contributed by atoms with van der Waals surface area (Å²) in [4.78, 5) is 2.49. The van der Waals surface area contributed by atoms with Gasteiger partial charge in [-0.25, -0.2) is 0 Å². The maximum absolute atomic E-state index is 5.62. The molecular weight excluding hydrogens is 320 g/mol. The Kier molecular flexibility index (Phi) is 4.58. The Labute approximate surface area is 117 Å². The number of halogens is 1. The molecule has 1 unspecified atom stereocenters. The molecule has 17 heavy (non-hydrogen) atoms. The van der Waals surface area contributed by atoms with Crippen LogP contribution in [0.1, 0.15) is 15.8 Å². The molecule has 0 radical (unpaired) electrons. The van der Waals surface area contributed by atoms with Crippen molar-refractivity contribution in [3.63, 3.8) is 0 Å². The summed E-state index contributed by atoms with van der Waals surface area (Å²) in [6.07, 6.45) is 0.885. The molecule has 0 aliphatic heterocycles. The average molecular weight is 333 g/mol. The van der Waals surface area contributed by atoms with Crippen LogP contribution in [0.2, 0.25) is 0 Å². The van der Waals surface area contributed by atoms with Crippen LogP contribution in [-0.2, 0) is 6.42 Å². The van der Waals surface area contributed by atoms with Crippen molar-refractivity contribution in [2.45, 2.75) is 12.5 Å². The maximum Gasteiger partial charge on any atom is 0.129 e. The average Bonchev–Trinajstić information content (AvgIpc) is 2.94. The van der Waals surface area contributed by atoms with E-state index in [0.717, 1.165) is 16.0 Å². The molecule has 3 N–H and O–H groups in total. The zero-order valence-electron chi connectivity index (χ0n) is 9.27. The van der Waals surface area contributed by atoms with Crippen molar-refractivity contribution in [3.8, 4) is 5.75 Å². The van der Waals surface area contributed by atoms with Gasteiger partial charge >= 0.3 is 0 Å². The third-order valence-corrected chi connectivity index (χ3v) is 5.08. The van der Waals surface area contributed by atoms with Crippen molar-refractivity contribution in [2.75, 3.05) is 7.11 Å². The lowest BCUT2D eigenvalue weighted by Crippen LogP contribution is -2.28. The van der Waals surface area contributed by atoms with Crippen molar-refractivity contribution >= 4 is 38.6 Å². The molecule has 2 rings (SSSR count). The molecule has 0 saturated heterocycles. The fourth-order valence-corrected chi connectivity index (χ4v) is 3.97. The lowest BCUT2D eigenvalue weighted by molar-refractivity contribution is 0.415. The number of hydrazine groups is 1. The highest BCUT2D eigenvalue weighted by Gasteiger charge is 2.14. The van der Waals surface area contributed by atoms with Crippen molar-refractivity contribution in [1.82, 2.24) is 5.43 Å². The fourth-order valence-electron chi connectivity index (χ4n) is 1.53. The first-order valence-corrected chi connectivity index (χ1v) is 7.54. The van der Waals surface area contributed by atoms with E-state index in [9.17, 15) is 0 Å². The monoisotopic (exact) mass is 332 g/mol. The molecule has 2 aromatic heterocycles. The lowest BCUT2D eigenvalue weighted by atomic mass is 10.1. The summed E-state index contributed by atoms with van der Waals surface area (Å²) in [7, 11) is 1.67. The highest BCUT2D eigenvalue weighted by atomic mass is 79.9. The Bertz CT molecular complexity index is 483. The Morgan fingerprint density at radius 3 is 2.88 bits per heavy atom. The molecule has 2 aromatic rings. The zero-order valence-corrected chi connectivity index (χ0v) is 12.5. The van der Waals surface area contributed by atoms with E-state index in [2.05, 4.69) is 33.5 Å². The largest absolute Gasteiger partial charge is 0.496 e. The summed E-state index contributed by atoms with van der Waals surface area (Å²) in [6.45, 7) is 0. The van der Waals surface area contributed by atoms with E-state index in [0.29, 0.717) is 0 Å². The van der Waals surface area contributed by atoms with Gasteiger partial charge in [0.05, 0.1) is 16.9 Å². The van der Waals surface area contributed by atoms with E-state index < -0.39 is 0 Å². The molecule has 92 valence electrons. The molecule has 0 aliphatic rings. The number of nitrogens with one attached hydrogen (secondary N) is 1. The van der Waals surface area contributed by atoms with Gasteiger partial charge in [-0.2, -0.15) is 0 Å².